The van der Waals surface area contributed by atoms with Crippen molar-refractivity contribution in [1.82, 2.24) is 9.97 Å². The van der Waals surface area contributed by atoms with Crippen molar-refractivity contribution in [3.05, 3.63) is 44.5 Å². The molecule has 1 atom stereocenters. The monoisotopic (exact) mass is 263 g/mol. The maximum atomic E-state index is 11.6. The fraction of sp³-hybridized carbons (Fsp3) is 0.333. The molecule has 19 heavy (non-hydrogen) atoms. The van der Waals surface area contributed by atoms with Crippen LogP contribution < -0.4 is 5.56 Å². The Hall–Kier alpha value is -2.28. The van der Waals surface area contributed by atoms with Gasteiger partial charge < -0.3 is 10.1 Å². The summed E-state index contributed by atoms with van der Waals surface area (Å²) in [7, 11) is 0. The predicted octanol–water partition coefficient (Wildman–Crippen LogP) is 1.14. The predicted molar refractivity (Wildman–Crippen MR) is 69.0 cm³/mol. The topological polar surface area (TPSA) is 109 Å². The highest BCUT2D eigenvalue weighted by Gasteiger charge is 2.18. The first kappa shape index (κ1) is 13.2. The number of fused-ring (bicyclic) bond motifs is 1. The number of nitrogens with one attached hydrogen (secondary N) is 1. The number of nitro groups is 1. The number of nitrogens with zero attached hydrogens (tertiary/aromatic N) is 2. The minimum absolute atomic E-state index is 0.164. The van der Waals surface area contributed by atoms with Crippen LogP contribution in [-0.2, 0) is 6.42 Å². The highest BCUT2D eigenvalue weighted by molar-refractivity contribution is 5.81. The molecule has 0 fully saturated rings. The van der Waals surface area contributed by atoms with Crippen LogP contribution in [0.2, 0.25) is 0 Å². The van der Waals surface area contributed by atoms with Gasteiger partial charge in [0.05, 0.1) is 28.3 Å². The maximum Gasteiger partial charge on any atom is 0.273 e. The van der Waals surface area contributed by atoms with E-state index in [-0.39, 0.29) is 17.5 Å². The molecule has 1 aromatic carbocycles. The third kappa shape index (κ3) is 2.60. The van der Waals surface area contributed by atoms with Gasteiger partial charge in [0.25, 0.3) is 11.2 Å². The Balaban J connectivity index is 2.64. The van der Waals surface area contributed by atoms with Crippen LogP contribution in [0.1, 0.15) is 18.9 Å². The van der Waals surface area contributed by atoms with Crippen molar-refractivity contribution < 1.29 is 10.0 Å². The van der Waals surface area contributed by atoms with Crippen molar-refractivity contribution in [1.29, 1.82) is 0 Å². The number of aromatic amines is 1. The van der Waals surface area contributed by atoms with Crippen molar-refractivity contribution >= 4 is 16.6 Å². The van der Waals surface area contributed by atoms with E-state index in [0.29, 0.717) is 17.5 Å². The van der Waals surface area contributed by atoms with Crippen LogP contribution in [0.3, 0.4) is 0 Å². The Morgan fingerprint density at radius 1 is 1.53 bits per heavy atom. The summed E-state index contributed by atoms with van der Waals surface area (Å²) in [6.07, 6.45) is 1.25. The number of aliphatic hydroxyl groups excluding tert-OH is 1. The number of aliphatic hydroxyl groups is 1. The number of aromatic nitrogens is 2. The van der Waals surface area contributed by atoms with Crippen molar-refractivity contribution in [3.8, 4) is 0 Å². The Morgan fingerprint density at radius 2 is 2.26 bits per heavy atom. The van der Waals surface area contributed by atoms with E-state index in [2.05, 4.69) is 9.97 Å². The number of hydrogen-bond acceptors (Lipinski definition) is 5. The third-order valence-corrected chi connectivity index (χ3v) is 2.96. The van der Waals surface area contributed by atoms with Crippen molar-refractivity contribution in [2.24, 2.45) is 0 Å². The van der Waals surface area contributed by atoms with Crippen molar-refractivity contribution in [3.63, 3.8) is 0 Å². The summed E-state index contributed by atoms with van der Waals surface area (Å²) in [6.45, 7) is 1.79. The van der Waals surface area contributed by atoms with E-state index < -0.39 is 16.6 Å². The van der Waals surface area contributed by atoms with Gasteiger partial charge in [0.15, 0.2) is 0 Å². The van der Waals surface area contributed by atoms with Crippen LogP contribution in [0.25, 0.3) is 10.9 Å². The fourth-order valence-corrected chi connectivity index (χ4v) is 1.88. The Labute approximate surface area is 108 Å². The van der Waals surface area contributed by atoms with Gasteiger partial charge in [-0.1, -0.05) is 6.92 Å². The molecule has 1 heterocycles. The zero-order valence-corrected chi connectivity index (χ0v) is 10.3. The highest BCUT2D eigenvalue weighted by Crippen LogP contribution is 2.24. The van der Waals surface area contributed by atoms with Crippen molar-refractivity contribution in [2.75, 3.05) is 0 Å². The molecule has 0 radical (unpaired) electrons. The van der Waals surface area contributed by atoms with E-state index in [1.54, 1.807) is 6.92 Å². The molecule has 2 rings (SSSR count). The molecule has 2 N–H and O–H groups in total. The van der Waals surface area contributed by atoms with Gasteiger partial charge in [-0.2, -0.15) is 0 Å². The lowest BCUT2D eigenvalue weighted by Gasteiger charge is -2.08. The second kappa shape index (κ2) is 5.15. The average molecular weight is 263 g/mol. The normalized spacial score (nSPS) is 12.5. The first-order chi connectivity index (χ1) is 9.02. The molecule has 7 heteroatoms. The summed E-state index contributed by atoms with van der Waals surface area (Å²) in [5.41, 5.74) is 0.173. The van der Waals surface area contributed by atoms with Gasteiger partial charge in [-0.3, -0.25) is 14.9 Å². The summed E-state index contributed by atoms with van der Waals surface area (Å²) >= 11 is 0. The second-order valence-corrected chi connectivity index (χ2v) is 4.25. The molecule has 1 unspecified atom stereocenters. The number of benzene rings is 1. The van der Waals surface area contributed by atoms with Gasteiger partial charge in [0.2, 0.25) is 0 Å². The Morgan fingerprint density at radius 3 is 2.89 bits per heavy atom. The zero-order chi connectivity index (χ0) is 14.0. The lowest BCUT2D eigenvalue weighted by molar-refractivity contribution is -0.385. The molecule has 0 bridgehead atoms. The smallest absolute Gasteiger partial charge is 0.273 e. The lowest BCUT2D eigenvalue weighted by atomic mass is 10.0. The molecule has 100 valence electrons. The molecule has 0 aliphatic rings. The standard InChI is InChI=1S/C12H13N3O4/c1-2-8(16)3-7-4-10-9(5-11(7)15(18)19)12(17)14-6-13-10/h4-6,8,16H,2-3H2,1H3,(H,13,14,17). The molecule has 2 aromatic rings. The number of rotatable bonds is 4. The lowest BCUT2D eigenvalue weighted by Crippen LogP contribution is -2.12. The molecule has 1 aromatic heterocycles. The van der Waals surface area contributed by atoms with Gasteiger partial charge in [0, 0.05) is 18.1 Å². The average Bonchev–Trinajstić information content (AvgIpc) is 2.38. The summed E-state index contributed by atoms with van der Waals surface area (Å²) < 4.78 is 0. The number of nitro benzene ring substituents is 1. The summed E-state index contributed by atoms with van der Waals surface area (Å²) in [5.74, 6) is 0. The summed E-state index contributed by atoms with van der Waals surface area (Å²) in [4.78, 5) is 28.4. The SMILES string of the molecule is CCC(O)Cc1cc2nc[nH]c(=O)c2cc1[N+](=O)[O-]. The van der Waals surface area contributed by atoms with E-state index in [4.69, 9.17) is 0 Å². The van der Waals surface area contributed by atoms with E-state index in [1.807, 2.05) is 0 Å². The largest absolute Gasteiger partial charge is 0.393 e. The maximum absolute atomic E-state index is 11.6. The fourth-order valence-electron chi connectivity index (χ4n) is 1.88. The molecule has 0 aliphatic heterocycles. The molecule has 0 spiro atoms. The molecule has 0 saturated heterocycles. The van der Waals surface area contributed by atoms with Crippen LogP contribution in [0.5, 0.6) is 0 Å². The molecular weight excluding hydrogens is 250 g/mol. The number of H-pyrrole nitrogens is 1. The van der Waals surface area contributed by atoms with Crippen LogP contribution in [0.15, 0.2) is 23.3 Å². The molecule has 0 amide bonds. The van der Waals surface area contributed by atoms with E-state index >= 15 is 0 Å². The third-order valence-electron chi connectivity index (χ3n) is 2.96. The van der Waals surface area contributed by atoms with Crippen LogP contribution >= 0.6 is 0 Å². The van der Waals surface area contributed by atoms with E-state index in [9.17, 15) is 20.0 Å². The van der Waals surface area contributed by atoms with Gasteiger partial charge in [0.1, 0.15) is 0 Å². The number of hydrogen-bond donors (Lipinski definition) is 2. The molecule has 0 saturated carbocycles. The van der Waals surface area contributed by atoms with Crippen molar-refractivity contribution in [2.45, 2.75) is 25.9 Å². The summed E-state index contributed by atoms with van der Waals surface area (Å²) in [5, 5.41) is 20.8. The van der Waals surface area contributed by atoms with Crippen LogP contribution in [0.4, 0.5) is 5.69 Å². The Bertz CT molecular complexity index is 680. The summed E-state index contributed by atoms with van der Waals surface area (Å²) in [6, 6.07) is 2.69. The van der Waals surface area contributed by atoms with Gasteiger partial charge in [-0.25, -0.2) is 4.98 Å². The highest BCUT2D eigenvalue weighted by atomic mass is 16.6. The van der Waals surface area contributed by atoms with Gasteiger partial charge in [-0.15, -0.1) is 0 Å². The first-order valence-corrected chi connectivity index (χ1v) is 5.85. The quantitative estimate of drug-likeness (QED) is 0.635. The van der Waals surface area contributed by atoms with Gasteiger partial charge >= 0.3 is 0 Å². The minimum atomic E-state index is -0.654. The molecule has 7 nitrogen and oxygen atoms in total. The molecular formula is C12H13N3O4. The Kier molecular flexibility index (Phi) is 3.57. The van der Waals surface area contributed by atoms with Crippen LogP contribution in [0, 0.1) is 10.1 Å². The van der Waals surface area contributed by atoms with E-state index in [1.165, 1.54) is 18.5 Å². The van der Waals surface area contributed by atoms with E-state index in [0.717, 1.165) is 0 Å². The van der Waals surface area contributed by atoms with Gasteiger partial charge in [-0.05, 0) is 12.5 Å². The first-order valence-electron chi connectivity index (χ1n) is 5.85. The molecule has 0 aliphatic carbocycles. The van der Waals surface area contributed by atoms with Crippen LogP contribution in [-0.4, -0.2) is 26.1 Å². The minimum Gasteiger partial charge on any atom is -0.393 e. The second-order valence-electron chi connectivity index (χ2n) is 4.25. The zero-order valence-electron chi connectivity index (χ0n) is 10.3.